The maximum Gasteiger partial charge on any atom is 0.227 e. The van der Waals surface area contributed by atoms with Gasteiger partial charge in [0, 0.05) is 18.2 Å². The highest BCUT2D eigenvalue weighted by atomic mass is 16.2. The molecule has 16 heavy (non-hydrogen) atoms. The van der Waals surface area contributed by atoms with Crippen LogP contribution in [0.2, 0.25) is 0 Å². The molecule has 0 aliphatic carbocycles. The lowest BCUT2D eigenvalue weighted by Gasteiger charge is -2.23. The standard InChI is InChI=1S/C13H14N2O/c1-2-11-6-7-13(16)15(11)12-5-3-4-10(8-12)9-14/h3-5,8,11H,2,6-7H2,1H3. The number of carbonyl (C=O) groups excluding carboxylic acids is 1. The van der Waals surface area contributed by atoms with E-state index in [2.05, 4.69) is 13.0 Å². The smallest absolute Gasteiger partial charge is 0.227 e. The summed E-state index contributed by atoms with van der Waals surface area (Å²) in [5.41, 5.74) is 1.46. The van der Waals surface area contributed by atoms with Crippen molar-refractivity contribution in [3.8, 4) is 6.07 Å². The third kappa shape index (κ3) is 1.79. The molecule has 1 aromatic carbocycles. The van der Waals surface area contributed by atoms with Crippen molar-refractivity contribution in [1.29, 1.82) is 5.26 Å². The highest BCUT2D eigenvalue weighted by Crippen LogP contribution is 2.28. The fraction of sp³-hybridized carbons (Fsp3) is 0.385. The molecule has 1 aliphatic heterocycles. The minimum atomic E-state index is 0.168. The Morgan fingerprint density at radius 3 is 3.06 bits per heavy atom. The van der Waals surface area contributed by atoms with Crippen LogP contribution in [0, 0.1) is 11.3 Å². The minimum Gasteiger partial charge on any atom is -0.309 e. The maximum atomic E-state index is 11.8. The molecule has 1 heterocycles. The van der Waals surface area contributed by atoms with Crippen molar-refractivity contribution < 1.29 is 4.79 Å². The molecular formula is C13H14N2O. The molecule has 0 spiro atoms. The molecule has 3 heteroatoms. The molecule has 82 valence electrons. The second-order valence-corrected chi connectivity index (χ2v) is 4.03. The number of nitriles is 1. The third-order valence-electron chi connectivity index (χ3n) is 3.05. The van der Waals surface area contributed by atoms with Gasteiger partial charge in [0.15, 0.2) is 0 Å². The van der Waals surface area contributed by atoms with Crippen molar-refractivity contribution in [2.75, 3.05) is 4.90 Å². The summed E-state index contributed by atoms with van der Waals surface area (Å²) in [5.74, 6) is 0.168. The van der Waals surface area contributed by atoms with E-state index in [9.17, 15) is 4.79 Å². The number of carbonyl (C=O) groups is 1. The molecule has 1 unspecified atom stereocenters. The second kappa shape index (κ2) is 4.36. The van der Waals surface area contributed by atoms with Crippen molar-refractivity contribution >= 4 is 11.6 Å². The SMILES string of the molecule is CCC1CCC(=O)N1c1cccc(C#N)c1. The van der Waals surface area contributed by atoms with E-state index in [-0.39, 0.29) is 5.91 Å². The molecule has 0 saturated carbocycles. The predicted molar refractivity (Wildman–Crippen MR) is 62.0 cm³/mol. The molecule has 1 amide bonds. The van der Waals surface area contributed by atoms with E-state index in [0.29, 0.717) is 18.0 Å². The molecule has 3 nitrogen and oxygen atoms in total. The van der Waals surface area contributed by atoms with Gasteiger partial charge in [-0.25, -0.2) is 0 Å². The normalized spacial score (nSPS) is 19.9. The topological polar surface area (TPSA) is 44.1 Å². The van der Waals surface area contributed by atoms with Gasteiger partial charge in [-0.2, -0.15) is 5.26 Å². The van der Waals surface area contributed by atoms with Crippen molar-refractivity contribution in [1.82, 2.24) is 0 Å². The highest BCUT2D eigenvalue weighted by molar-refractivity contribution is 5.96. The Morgan fingerprint density at radius 2 is 2.38 bits per heavy atom. The van der Waals surface area contributed by atoms with E-state index in [4.69, 9.17) is 5.26 Å². The maximum absolute atomic E-state index is 11.8. The van der Waals surface area contributed by atoms with Crippen molar-refractivity contribution in [2.45, 2.75) is 32.2 Å². The average Bonchev–Trinajstić information content (AvgIpc) is 2.70. The van der Waals surface area contributed by atoms with Crippen LogP contribution in [-0.4, -0.2) is 11.9 Å². The van der Waals surface area contributed by atoms with E-state index in [1.54, 1.807) is 12.1 Å². The summed E-state index contributed by atoms with van der Waals surface area (Å²) < 4.78 is 0. The van der Waals surface area contributed by atoms with E-state index in [1.807, 2.05) is 17.0 Å². The number of hydrogen-bond donors (Lipinski definition) is 0. The van der Waals surface area contributed by atoms with Gasteiger partial charge < -0.3 is 4.90 Å². The number of anilines is 1. The van der Waals surface area contributed by atoms with E-state index >= 15 is 0 Å². The van der Waals surface area contributed by atoms with Crippen molar-refractivity contribution in [3.63, 3.8) is 0 Å². The molecule has 1 atom stereocenters. The fourth-order valence-electron chi connectivity index (χ4n) is 2.21. The molecule has 0 N–H and O–H groups in total. The van der Waals surface area contributed by atoms with Crippen LogP contribution in [0.1, 0.15) is 31.7 Å². The van der Waals surface area contributed by atoms with Gasteiger partial charge in [-0.3, -0.25) is 4.79 Å². The third-order valence-corrected chi connectivity index (χ3v) is 3.05. The molecule has 1 aromatic rings. The van der Waals surface area contributed by atoms with Crippen LogP contribution < -0.4 is 4.90 Å². The summed E-state index contributed by atoms with van der Waals surface area (Å²) in [6.45, 7) is 2.09. The molecule has 1 saturated heterocycles. The molecule has 0 radical (unpaired) electrons. The molecule has 2 rings (SSSR count). The molecule has 1 aliphatic rings. The van der Waals surface area contributed by atoms with Crippen LogP contribution >= 0.6 is 0 Å². The van der Waals surface area contributed by atoms with Crippen molar-refractivity contribution in [3.05, 3.63) is 29.8 Å². The zero-order chi connectivity index (χ0) is 11.5. The molecule has 0 aromatic heterocycles. The van der Waals surface area contributed by atoms with Gasteiger partial charge in [0.2, 0.25) is 5.91 Å². The summed E-state index contributed by atoms with van der Waals surface area (Å²) in [5, 5.41) is 8.84. The van der Waals surface area contributed by atoms with E-state index in [0.717, 1.165) is 18.5 Å². The molecule has 1 fully saturated rings. The second-order valence-electron chi connectivity index (χ2n) is 4.03. The van der Waals surface area contributed by atoms with E-state index in [1.165, 1.54) is 0 Å². The number of benzene rings is 1. The fourth-order valence-corrected chi connectivity index (χ4v) is 2.21. The Balaban J connectivity index is 2.35. The Kier molecular flexibility index (Phi) is 2.91. The zero-order valence-electron chi connectivity index (χ0n) is 9.31. The minimum absolute atomic E-state index is 0.168. The lowest BCUT2D eigenvalue weighted by molar-refractivity contribution is -0.117. The monoisotopic (exact) mass is 214 g/mol. The quantitative estimate of drug-likeness (QED) is 0.759. The van der Waals surface area contributed by atoms with Gasteiger partial charge in [0.1, 0.15) is 0 Å². The number of amides is 1. The van der Waals surface area contributed by atoms with Crippen LogP contribution in [0.25, 0.3) is 0 Å². The van der Waals surface area contributed by atoms with Crippen molar-refractivity contribution in [2.24, 2.45) is 0 Å². The lowest BCUT2D eigenvalue weighted by atomic mass is 10.1. The highest BCUT2D eigenvalue weighted by Gasteiger charge is 2.30. The first-order valence-corrected chi connectivity index (χ1v) is 5.58. The summed E-state index contributed by atoms with van der Waals surface area (Å²) in [6, 6.07) is 9.65. The van der Waals surface area contributed by atoms with Gasteiger partial charge in [-0.15, -0.1) is 0 Å². The van der Waals surface area contributed by atoms with Gasteiger partial charge in [-0.05, 0) is 31.0 Å². The Hall–Kier alpha value is -1.82. The van der Waals surface area contributed by atoms with Crippen LogP contribution in [-0.2, 0) is 4.79 Å². The van der Waals surface area contributed by atoms with Gasteiger partial charge >= 0.3 is 0 Å². The van der Waals surface area contributed by atoms with Crippen LogP contribution in [0.15, 0.2) is 24.3 Å². The van der Waals surface area contributed by atoms with Crippen LogP contribution in [0.5, 0.6) is 0 Å². The first-order valence-electron chi connectivity index (χ1n) is 5.58. The summed E-state index contributed by atoms with van der Waals surface area (Å²) in [6.07, 6.45) is 2.50. The van der Waals surface area contributed by atoms with Crippen LogP contribution in [0.3, 0.4) is 0 Å². The first kappa shape index (κ1) is 10.7. The number of rotatable bonds is 2. The largest absolute Gasteiger partial charge is 0.309 e. The van der Waals surface area contributed by atoms with Gasteiger partial charge in [0.25, 0.3) is 0 Å². The predicted octanol–water partition coefficient (Wildman–Crippen LogP) is 2.46. The van der Waals surface area contributed by atoms with Gasteiger partial charge in [0.05, 0.1) is 11.6 Å². The lowest BCUT2D eigenvalue weighted by Crippen LogP contribution is -2.32. The zero-order valence-corrected chi connectivity index (χ0v) is 9.31. The Labute approximate surface area is 95.3 Å². The summed E-state index contributed by atoms with van der Waals surface area (Å²) in [7, 11) is 0. The first-order chi connectivity index (χ1) is 7.76. The number of nitrogens with zero attached hydrogens (tertiary/aromatic N) is 2. The summed E-state index contributed by atoms with van der Waals surface area (Å²) in [4.78, 5) is 13.6. The van der Waals surface area contributed by atoms with Gasteiger partial charge in [-0.1, -0.05) is 13.0 Å². The molecular weight excluding hydrogens is 200 g/mol. The Bertz CT molecular complexity index is 447. The van der Waals surface area contributed by atoms with Crippen LogP contribution in [0.4, 0.5) is 5.69 Å². The average molecular weight is 214 g/mol. The number of hydrogen-bond acceptors (Lipinski definition) is 2. The van der Waals surface area contributed by atoms with E-state index < -0.39 is 0 Å². The Morgan fingerprint density at radius 1 is 1.56 bits per heavy atom. The molecule has 0 bridgehead atoms. The summed E-state index contributed by atoms with van der Waals surface area (Å²) >= 11 is 0.